The first-order chi connectivity index (χ1) is 22.3. The van der Waals surface area contributed by atoms with E-state index in [2.05, 4.69) is 42.9 Å². The summed E-state index contributed by atoms with van der Waals surface area (Å²) in [7, 11) is 1.17. The maximum atomic E-state index is 13.4. The van der Waals surface area contributed by atoms with Crippen molar-refractivity contribution in [2.24, 2.45) is 0 Å². The van der Waals surface area contributed by atoms with E-state index in [0.29, 0.717) is 17.9 Å². The van der Waals surface area contributed by atoms with E-state index in [4.69, 9.17) is 30.5 Å². The number of carbonyl (C=O) groups excluding carboxylic acids is 3. The van der Waals surface area contributed by atoms with Crippen molar-refractivity contribution in [1.82, 2.24) is 19.5 Å². The van der Waals surface area contributed by atoms with Crippen LogP contribution in [0.25, 0.3) is 11.2 Å². The van der Waals surface area contributed by atoms with Crippen LogP contribution in [-0.2, 0) is 30.3 Å². The second-order valence-corrected chi connectivity index (χ2v) is 11.7. The summed E-state index contributed by atoms with van der Waals surface area (Å²) in [5.74, 6) is -1.99. The molecule has 0 saturated carbocycles. The van der Waals surface area contributed by atoms with Gasteiger partial charge in [0.1, 0.15) is 0 Å². The molecule has 234 valence electrons. The fraction of sp³-hybridized carbons (Fsp3) is 0.188. The highest BCUT2D eigenvalue weighted by atomic mass is 127. The Labute approximate surface area is 281 Å². The Hall–Kier alpha value is -4.60. The van der Waals surface area contributed by atoms with E-state index in [-0.39, 0.29) is 22.1 Å². The van der Waals surface area contributed by atoms with E-state index in [9.17, 15) is 14.4 Å². The molecular formula is C32H25ClIN5O7. The SMILES string of the molecule is COC(=O)[C@H]1O[C@@H](n2cnc3c(NCc4cccc(I)c4)nc(Cl)nc32)[C@H](OC(=O)c2ccccc2)[C@@H]1OC(=O)c1ccccc1. The van der Waals surface area contributed by atoms with Gasteiger partial charge in [-0.3, -0.25) is 4.57 Å². The standard InChI is InChI=1S/C32H25ClIN5O7/c1-43-31(42)25-23(45-29(40)19-10-4-2-5-11-19)24(46-30(41)20-12-6-3-7-13-20)28(44-25)39-17-36-22-26(37-32(33)38-27(22)39)35-16-18-9-8-14-21(34)15-18/h2-15,17,23-25,28H,16H2,1H3,(H,35,37,38)/t23-,24+,25-,28+/m0/s1. The lowest BCUT2D eigenvalue weighted by molar-refractivity contribution is -0.159. The van der Waals surface area contributed by atoms with Gasteiger partial charge in [-0.1, -0.05) is 48.5 Å². The average Bonchev–Trinajstić information content (AvgIpc) is 3.65. The zero-order chi connectivity index (χ0) is 32.2. The molecule has 3 aromatic carbocycles. The first-order valence-corrected chi connectivity index (χ1v) is 15.4. The van der Waals surface area contributed by atoms with Gasteiger partial charge in [0.25, 0.3) is 0 Å². The van der Waals surface area contributed by atoms with Crippen LogP contribution in [0.4, 0.5) is 5.82 Å². The van der Waals surface area contributed by atoms with E-state index >= 15 is 0 Å². The second-order valence-electron chi connectivity index (χ2n) is 10.1. The largest absolute Gasteiger partial charge is 0.467 e. The summed E-state index contributed by atoms with van der Waals surface area (Å²) in [6, 6.07) is 24.4. The summed E-state index contributed by atoms with van der Waals surface area (Å²) in [6.45, 7) is 0.422. The van der Waals surface area contributed by atoms with E-state index < -0.39 is 42.4 Å². The Morgan fingerprint density at radius 2 is 1.57 bits per heavy atom. The van der Waals surface area contributed by atoms with Crippen molar-refractivity contribution in [3.05, 3.63) is 117 Å². The van der Waals surface area contributed by atoms with Crippen LogP contribution < -0.4 is 5.32 Å². The second kappa shape index (κ2) is 13.8. The minimum atomic E-state index is -1.47. The molecule has 0 aliphatic carbocycles. The third-order valence-corrected chi connectivity index (χ3v) is 7.99. The molecule has 0 radical (unpaired) electrons. The van der Waals surface area contributed by atoms with Crippen molar-refractivity contribution in [3.8, 4) is 0 Å². The number of methoxy groups -OCH3 is 1. The van der Waals surface area contributed by atoms with Crippen molar-refractivity contribution in [1.29, 1.82) is 0 Å². The molecule has 46 heavy (non-hydrogen) atoms. The molecule has 6 rings (SSSR count). The number of ether oxygens (including phenoxy) is 4. The van der Waals surface area contributed by atoms with Gasteiger partial charge in [0.15, 0.2) is 41.5 Å². The van der Waals surface area contributed by atoms with Gasteiger partial charge in [-0.2, -0.15) is 9.97 Å². The smallest absolute Gasteiger partial charge is 0.339 e. The number of imidazole rings is 1. The van der Waals surface area contributed by atoms with Gasteiger partial charge in [-0.15, -0.1) is 0 Å². The number of fused-ring (bicyclic) bond motifs is 1. The van der Waals surface area contributed by atoms with E-state index in [1.165, 1.54) is 18.0 Å². The number of hydrogen-bond acceptors (Lipinski definition) is 11. The van der Waals surface area contributed by atoms with Gasteiger partial charge in [-0.05, 0) is 76.2 Å². The number of hydrogen-bond donors (Lipinski definition) is 1. The number of rotatable bonds is 9. The first-order valence-electron chi connectivity index (χ1n) is 14.0. The fourth-order valence-electron chi connectivity index (χ4n) is 4.99. The van der Waals surface area contributed by atoms with E-state index in [1.54, 1.807) is 60.7 Å². The number of halogens is 2. The maximum Gasteiger partial charge on any atom is 0.339 e. The first kappa shape index (κ1) is 31.4. The van der Waals surface area contributed by atoms with Gasteiger partial charge in [-0.25, -0.2) is 19.4 Å². The number of nitrogens with zero attached hydrogens (tertiary/aromatic N) is 4. The van der Waals surface area contributed by atoms with Gasteiger partial charge in [0.2, 0.25) is 5.28 Å². The van der Waals surface area contributed by atoms with Crippen molar-refractivity contribution in [3.63, 3.8) is 0 Å². The minimum absolute atomic E-state index is 0.0909. The van der Waals surface area contributed by atoms with Gasteiger partial charge in [0.05, 0.1) is 24.6 Å². The normalized spacial score (nSPS) is 19.0. The van der Waals surface area contributed by atoms with E-state index in [1.807, 2.05) is 24.3 Å². The third kappa shape index (κ3) is 6.66. The summed E-state index contributed by atoms with van der Waals surface area (Å²) in [6.07, 6.45) is -4.08. The van der Waals surface area contributed by atoms with Crippen LogP contribution >= 0.6 is 34.2 Å². The zero-order valence-corrected chi connectivity index (χ0v) is 27.0. The van der Waals surface area contributed by atoms with Crippen molar-refractivity contribution >= 4 is 69.1 Å². The molecule has 12 nitrogen and oxygen atoms in total. The molecule has 1 aliphatic heterocycles. The van der Waals surface area contributed by atoms with Gasteiger partial charge in [0, 0.05) is 10.1 Å². The predicted octanol–water partition coefficient (Wildman–Crippen LogP) is 5.22. The van der Waals surface area contributed by atoms with Gasteiger partial charge < -0.3 is 24.3 Å². The Balaban J connectivity index is 1.39. The molecule has 14 heteroatoms. The molecule has 0 amide bonds. The Morgan fingerprint density at radius 3 is 2.20 bits per heavy atom. The predicted molar refractivity (Wildman–Crippen MR) is 174 cm³/mol. The van der Waals surface area contributed by atoms with E-state index in [0.717, 1.165) is 9.13 Å². The Morgan fingerprint density at radius 1 is 0.913 bits per heavy atom. The molecule has 0 unspecified atom stereocenters. The molecule has 1 fully saturated rings. The number of esters is 3. The van der Waals surface area contributed by atoms with Gasteiger partial charge >= 0.3 is 17.9 Å². The molecular weight excluding hydrogens is 729 g/mol. The quantitative estimate of drug-likeness (QED) is 0.0917. The molecule has 1 aliphatic rings. The highest BCUT2D eigenvalue weighted by molar-refractivity contribution is 14.1. The van der Waals surface area contributed by atoms with Crippen molar-refractivity contribution in [2.45, 2.75) is 31.1 Å². The zero-order valence-electron chi connectivity index (χ0n) is 24.1. The van der Waals surface area contributed by atoms with Crippen LogP contribution in [0.15, 0.2) is 91.3 Å². The minimum Gasteiger partial charge on any atom is -0.467 e. The molecule has 1 saturated heterocycles. The lowest BCUT2D eigenvalue weighted by Crippen LogP contribution is -2.42. The summed E-state index contributed by atoms with van der Waals surface area (Å²) < 4.78 is 25.4. The van der Waals surface area contributed by atoms with Crippen LogP contribution in [0.1, 0.15) is 32.5 Å². The third-order valence-electron chi connectivity index (χ3n) is 7.15. The molecule has 2 aromatic heterocycles. The maximum absolute atomic E-state index is 13.4. The Bertz CT molecular complexity index is 1890. The lowest BCUT2D eigenvalue weighted by atomic mass is 10.1. The van der Waals surface area contributed by atoms with Crippen LogP contribution in [0.5, 0.6) is 0 Å². The summed E-state index contributed by atoms with van der Waals surface area (Å²) >= 11 is 8.59. The molecule has 1 N–H and O–H groups in total. The van der Waals surface area contributed by atoms with Crippen LogP contribution in [0, 0.1) is 3.57 Å². The number of benzene rings is 3. The summed E-state index contributed by atoms with van der Waals surface area (Å²) in [4.78, 5) is 52.8. The molecule has 5 aromatic rings. The molecule has 4 atom stereocenters. The topological polar surface area (TPSA) is 144 Å². The van der Waals surface area contributed by atoms with Crippen LogP contribution in [0.2, 0.25) is 5.28 Å². The molecule has 3 heterocycles. The fourth-order valence-corrected chi connectivity index (χ4v) is 5.76. The number of anilines is 1. The average molecular weight is 754 g/mol. The number of carbonyl (C=O) groups is 3. The molecule has 0 bridgehead atoms. The van der Waals surface area contributed by atoms with Crippen LogP contribution in [0.3, 0.4) is 0 Å². The summed E-state index contributed by atoms with van der Waals surface area (Å²) in [5, 5.41) is 3.15. The highest BCUT2D eigenvalue weighted by Gasteiger charge is 2.54. The van der Waals surface area contributed by atoms with Crippen molar-refractivity contribution in [2.75, 3.05) is 12.4 Å². The number of aromatic nitrogens is 4. The summed E-state index contributed by atoms with van der Waals surface area (Å²) in [5.41, 5.74) is 2.02. The lowest BCUT2D eigenvalue weighted by Gasteiger charge is -2.24. The number of nitrogens with one attached hydrogen (secondary N) is 1. The highest BCUT2D eigenvalue weighted by Crippen LogP contribution is 2.38. The van der Waals surface area contributed by atoms with Crippen molar-refractivity contribution < 1.29 is 33.3 Å². The molecule has 0 spiro atoms. The van der Waals surface area contributed by atoms with Crippen LogP contribution in [-0.4, -0.2) is 62.8 Å². The Kier molecular flexibility index (Phi) is 9.42. The monoisotopic (exact) mass is 753 g/mol.